The summed E-state index contributed by atoms with van der Waals surface area (Å²) in [6, 6.07) is 8.13. The van der Waals surface area contributed by atoms with Crippen molar-refractivity contribution >= 4 is 28.9 Å². The first-order valence-electron chi connectivity index (χ1n) is 6.58. The van der Waals surface area contributed by atoms with Gasteiger partial charge in [0.05, 0.1) is 0 Å². The Bertz CT molecular complexity index is 345. The van der Waals surface area contributed by atoms with Gasteiger partial charge in [-0.05, 0) is 43.7 Å². The van der Waals surface area contributed by atoms with Crippen LogP contribution in [-0.4, -0.2) is 43.5 Å². The van der Waals surface area contributed by atoms with E-state index in [1.165, 1.54) is 18.7 Å². The maximum absolute atomic E-state index is 5.91. The molecule has 4 heteroatoms. The summed E-state index contributed by atoms with van der Waals surface area (Å²) in [6.07, 6.45) is 2.34. The third kappa shape index (κ3) is 4.04. The van der Waals surface area contributed by atoms with Crippen LogP contribution in [-0.2, 0) is 0 Å². The van der Waals surface area contributed by atoms with Gasteiger partial charge >= 0.3 is 0 Å². The van der Waals surface area contributed by atoms with Crippen LogP contribution in [0.3, 0.4) is 0 Å². The molecule has 0 saturated carbocycles. The van der Waals surface area contributed by atoms with Crippen LogP contribution in [0, 0.1) is 0 Å². The smallest absolute Gasteiger partial charge is 0.0407 e. The van der Waals surface area contributed by atoms with E-state index in [9.17, 15) is 0 Å². The average molecular weight is 287 g/mol. The van der Waals surface area contributed by atoms with E-state index in [1.54, 1.807) is 0 Å². The quantitative estimate of drug-likeness (QED) is 0.604. The van der Waals surface area contributed by atoms with Crippen LogP contribution < -0.4 is 4.90 Å². The zero-order valence-corrected chi connectivity index (χ0v) is 12.1. The van der Waals surface area contributed by atoms with E-state index in [4.69, 9.17) is 23.2 Å². The van der Waals surface area contributed by atoms with Crippen molar-refractivity contribution in [1.82, 2.24) is 4.90 Å². The monoisotopic (exact) mass is 286 g/mol. The van der Waals surface area contributed by atoms with Crippen molar-refractivity contribution < 1.29 is 0 Å². The van der Waals surface area contributed by atoms with Crippen molar-refractivity contribution in [2.45, 2.75) is 12.8 Å². The van der Waals surface area contributed by atoms with E-state index in [0.29, 0.717) is 0 Å². The van der Waals surface area contributed by atoms with E-state index in [0.717, 1.165) is 43.5 Å². The summed E-state index contributed by atoms with van der Waals surface area (Å²) >= 11 is 11.6. The molecule has 0 aromatic heterocycles. The molecule has 0 N–H and O–H groups in total. The average Bonchev–Trinajstić information content (AvgIpc) is 2.41. The second kappa shape index (κ2) is 7.22. The number of hydrogen-bond acceptors (Lipinski definition) is 2. The van der Waals surface area contributed by atoms with Crippen LogP contribution in [0.1, 0.15) is 12.8 Å². The van der Waals surface area contributed by atoms with Gasteiger partial charge in [0, 0.05) is 42.8 Å². The van der Waals surface area contributed by atoms with E-state index in [2.05, 4.69) is 21.9 Å². The molecule has 1 aliphatic heterocycles. The molecular formula is C14H20Cl2N2. The molecule has 0 radical (unpaired) electrons. The standard InChI is InChI=1S/C14H20Cl2N2/c15-7-1-2-8-17-9-11-18(12-10-17)14-5-3-13(16)4-6-14/h3-6H,1-2,7-12H2. The van der Waals surface area contributed by atoms with Gasteiger partial charge in [-0.25, -0.2) is 0 Å². The molecule has 2 nitrogen and oxygen atoms in total. The number of unbranched alkanes of at least 4 members (excludes halogenated alkanes) is 1. The molecular weight excluding hydrogens is 267 g/mol. The normalized spacial score (nSPS) is 17.1. The highest BCUT2D eigenvalue weighted by Crippen LogP contribution is 2.19. The number of hydrogen-bond donors (Lipinski definition) is 0. The minimum atomic E-state index is 0.782. The minimum Gasteiger partial charge on any atom is -0.369 e. The molecule has 1 aromatic carbocycles. The van der Waals surface area contributed by atoms with Crippen LogP contribution in [0.2, 0.25) is 5.02 Å². The Balaban J connectivity index is 1.77. The number of piperazine rings is 1. The zero-order valence-electron chi connectivity index (χ0n) is 10.6. The summed E-state index contributed by atoms with van der Waals surface area (Å²) in [7, 11) is 0. The van der Waals surface area contributed by atoms with Gasteiger partial charge in [-0.2, -0.15) is 0 Å². The molecule has 0 unspecified atom stereocenters. The Morgan fingerprint density at radius 1 is 0.944 bits per heavy atom. The SMILES string of the molecule is ClCCCCN1CCN(c2ccc(Cl)cc2)CC1. The molecule has 0 amide bonds. The Morgan fingerprint density at radius 2 is 1.61 bits per heavy atom. The second-order valence-electron chi connectivity index (χ2n) is 4.70. The maximum atomic E-state index is 5.91. The molecule has 100 valence electrons. The second-order valence-corrected chi connectivity index (χ2v) is 5.52. The first-order valence-corrected chi connectivity index (χ1v) is 7.49. The van der Waals surface area contributed by atoms with Crippen LogP contribution in [0.4, 0.5) is 5.69 Å². The number of alkyl halides is 1. The Kier molecular flexibility index (Phi) is 5.61. The number of benzene rings is 1. The molecule has 1 aromatic rings. The van der Waals surface area contributed by atoms with Gasteiger partial charge in [0.15, 0.2) is 0 Å². The van der Waals surface area contributed by atoms with Gasteiger partial charge in [-0.15, -0.1) is 11.6 Å². The molecule has 1 heterocycles. The summed E-state index contributed by atoms with van der Waals surface area (Å²) in [5, 5.41) is 0.804. The fourth-order valence-corrected chi connectivity index (χ4v) is 2.63. The number of anilines is 1. The van der Waals surface area contributed by atoms with Gasteiger partial charge in [-0.1, -0.05) is 11.6 Å². The van der Waals surface area contributed by atoms with Crippen molar-refractivity contribution in [1.29, 1.82) is 0 Å². The van der Waals surface area contributed by atoms with Crippen LogP contribution in [0.15, 0.2) is 24.3 Å². The Morgan fingerprint density at radius 3 is 2.22 bits per heavy atom. The number of nitrogens with zero attached hydrogens (tertiary/aromatic N) is 2. The van der Waals surface area contributed by atoms with Gasteiger partial charge < -0.3 is 4.90 Å². The molecule has 1 saturated heterocycles. The van der Waals surface area contributed by atoms with E-state index >= 15 is 0 Å². The maximum Gasteiger partial charge on any atom is 0.0407 e. The predicted octanol–water partition coefficient (Wildman–Crippen LogP) is 3.48. The molecule has 1 aliphatic rings. The molecule has 0 bridgehead atoms. The summed E-state index contributed by atoms with van der Waals surface area (Å²) in [5.41, 5.74) is 1.28. The summed E-state index contributed by atoms with van der Waals surface area (Å²) in [5.74, 6) is 0.782. The number of halogens is 2. The van der Waals surface area contributed by atoms with E-state index in [-0.39, 0.29) is 0 Å². The van der Waals surface area contributed by atoms with Crippen molar-refractivity contribution in [2.75, 3.05) is 43.5 Å². The summed E-state index contributed by atoms with van der Waals surface area (Å²) < 4.78 is 0. The molecule has 18 heavy (non-hydrogen) atoms. The summed E-state index contributed by atoms with van der Waals surface area (Å²) in [4.78, 5) is 4.95. The Hall–Kier alpha value is -0.440. The highest BCUT2D eigenvalue weighted by molar-refractivity contribution is 6.30. The van der Waals surface area contributed by atoms with Crippen molar-refractivity contribution in [2.24, 2.45) is 0 Å². The van der Waals surface area contributed by atoms with Crippen LogP contribution >= 0.6 is 23.2 Å². The molecule has 0 aliphatic carbocycles. The zero-order chi connectivity index (χ0) is 12.8. The van der Waals surface area contributed by atoms with E-state index < -0.39 is 0 Å². The molecule has 0 atom stereocenters. The lowest BCUT2D eigenvalue weighted by Gasteiger charge is -2.36. The highest BCUT2D eigenvalue weighted by atomic mass is 35.5. The largest absolute Gasteiger partial charge is 0.369 e. The van der Waals surface area contributed by atoms with Gasteiger partial charge in [0.25, 0.3) is 0 Å². The predicted molar refractivity (Wildman–Crippen MR) is 80.1 cm³/mol. The van der Waals surface area contributed by atoms with Gasteiger partial charge in [-0.3, -0.25) is 4.90 Å². The molecule has 0 spiro atoms. The first kappa shape index (κ1) is 14.0. The minimum absolute atomic E-state index is 0.782. The van der Waals surface area contributed by atoms with Crippen molar-refractivity contribution in [3.8, 4) is 0 Å². The van der Waals surface area contributed by atoms with Crippen LogP contribution in [0.25, 0.3) is 0 Å². The fourth-order valence-electron chi connectivity index (χ4n) is 2.31. The van der Waals surface area contributed by atoms with Crippen molar-refractivity contribution in [3.05, 3.63) is 29.3 Å². The summed E-state index contributed by atoms with van der Waals surface area (Å²) in [6.45, 7) is 5.67. The highest BCUT2D eigenvalue weighted by Gasteiger charge is 2.16. The third-order valence-corrected chi connectivity index (χ3v) is 3.94. The number of rotatable bonds is 5. The fraction of sp³-hybridized carbons (Fsp3) is 0.571. The lowest BCUT2D eigenvalue weighted by molar-refractivity contribution is 0.254. The first-order chi connectivity index (χ1) is 8.79. The van der Waals surface area contributed by atoms with E-state index in [1.807, 2.05) is 12.1 Å². The van der Waals surface area contributed by atoms with Crippen molar-refractivity contribution in [3.63, 3.8) is 0 Å². The van der Waals surface area contributed by atoms with Gasteiger partial charge in [0.2, 0.25) is 0 Å². The Labute approximate surface area is 119 Å². The lowest BCUT2D eigenvalue weighted by Crippen LogP contribution is -2.46. The lowest BCUT2D eigenvalue weighted by atomic mass is 10.2. The third-order valence-electron chi connectivity index (χ3n) is 3.42. The topological polar surface area (TPSA) is 6.48 Å². The van der Waals surface area contributed by atoms with Crippen LogP contribution in [0.5, 0.6) is 0 Å². The van der Waals surface area contributed by atoms with Gasteiger partial charge in [0.1, 0.15) is 0 Å². The molecule has 2 rings (SSSR count). The molecule has 1 fully saturated rings.